The fourth-order valence-electron chi connectivity index (χ4n) is 2.93. The minimum absolute atomic E-state index is 0.488. The molecule has 1 atom stereocenters. The van der Waals surface area contributed by atoms with Gasteiger partial charge in [0, 0.05) is 5.92 Å². The van der Waals surface area contributed by atoms with Crippen LogP contribution in [0.25, 0.3) is 6.08 Å². The molecule has 86 valence electrons. The Morgan fingerprint density at radius 3 is 2.76 bits per heavy atom. The lowest BCUT2D eigenvalue weighted by molar-refractivity contribution is 0.737. The molecule has 0 radical (unpaired) electrons. The Kier molecular flexibility index (Phi) is 2.51. The third-order valence-electron chi connectivity index (χ3n) is 3.84. The van der Waals surface area contributed by atoms with Crippen molar-refractivity contribution in [2.24, 2.45) is 5.92 Å². The van der Waals surface area contributed by atoms with Gasteiger partial charge in [0.15, 0.2) is 0 Å². The first-order valence-electron chi connectivity index (χ1n) is 6.44. The van der Waals surface area contributed by atoms with E-state index in [1.54, 1.807) is 5.57 Å². The van der Waals surface area contributed by atoms with Crippen molar-refractivity contribution < 1.29 is 0 Å². The zero-order chi connectivity index (χ0) is 11.8. The van der Waals surface area contributed by atoms with Crippen molar-refractivity contribution >= 4 is 6.08 Å². The summed E-state index contributed by atoms with van der Waals surface area (Å²) in [6.45, 7) is 4.60. The minimum atomic E-state index is 0.488. The highest BCUT2D eigenvalue weighted by molar-refractivity contribution is 5.66. The predicted molar refractivity (Wildman–Crippen MR) is 73.8 cm³/mol. The molecule has 0 nitrogen and oxygen atoms in total. The second-order valence-corrected chi connectivity index (χ2v) is 5.21. The van der Waals surface area contributed by atoms with Gasteiger partial charge in [-0.15, -0.1) is 0 Å². The van der Waals surface area contributed by atoms with Crippen molar-refractivity contribution in [3.8, 4) is 0 Å². The van der Waals surface area contributed by atoms with Crippen molar-refractivity contribution in [2.45, 2.75) is 26.2 Å². The van der Waals surface area contributed by atoms with Gasteiger partial charge in [0.05, 0.1) is 0 Å². The van der Waals surface area contributed by atoms with Gasteiger partial charge in [-0.25, -0.2) is 0 Å². The van der Waals surface area contributed by atoms with Gasteiger partial charge in [0.2, 0.25) is 0 Å². The number of benzene rings is 1. The standard InChI is InChI=1S/C17H18/c1-12(2)14-8-5-9-16(14)17-11-10-13-6-3-4-7-15(13)17/h3-7,9-12,17H,8H2,1-2H3. The fraction of sp³-hybridized carbons (Fsp3) is 0.294. The van der Waals surface area contributed by atoms with E-state index in [-0.39, 0.29) is 0 Å². The molecule has 17 heavy (non-hydrogen) atoms. The normalized spacial score (nSPS) is 21.7. The van der Waals surface area contributed by atoms with Gasteiger partial charge < -0.3 is 0 Å². The van der Waals surface area contributed by atoms with Crippen LogP contribution in [0, 0.1) is 5.92 Å². The summed E-state index contributed by atoms with van der Waals surface area (Å²) in [6, 6.07) is 8.73. The maximum atomic E-state index is 2.35. The van der Waals surface area contributed by atoms with Crippen LogP contribution >= 0.6 is 0 Å². The SMILES string of the molecule is CC(C)C1=C(C2C=Cc3ccccc32)C=CC1. The Labute approximate surface area is 103 Å². The van der Waals surface area contributed by atoms with E-state index in [2.05, 4.69) is 62.4 Å². The zero-order valence-electron chi connectivity index (χ0n) is 10.5. The molecule has 0 aromatic heterocycles. The molecule has 1 unspecified atom stereocenters. The van der Waals surface area contributed by atoms with Crippen LogP contribution < -0.4 is 0 Å². The molecule has 3 rings (SSSR count). The van der Waals surface area contributed by atoms with Crippen LogP contribution in [0.5, 0.6) is 0 Å². The molecule has 0 spiro atoms. The minimum Gasteiger partial charge on any atom is -0.0801 e. The summed E-state index contributed by atoms with van der Waals surface area (Å²) in [5.41, 5.74) is 5.98. The van der Waals surface area contributed by atoms with Gasteiger partial charge in [-0.05, 0) is 29.0 Å². The Bertz CT molecular complexity index is 527. The highest BCUT2D eigenvalue weighted by Gasteiger charge is 2.24. The third kappa shape index (κ3) is 1.68. The Balaban J connectivity index is 2.05. The van der Waals surface area contributed by atoms with Crippen LogP contribution in [0.1, 0.15) is 37.3 Å². The number of allylic oxidation sites excluding steroid dienone is 5. The first-order chi connectivity index (χ1) is 8.27. The molecule has 2 aliphatic carbocycles. The molecule has 0 amide bonds. The molecule has 0 saturated carbocycles. The molecule has 0 heteroatoms. The van der Waals surface area contributed by atoms with Crippen molar-refractivity contribution in [1.82, 2.24) is 0 Å². The van der Waals surface area contributed by atoms with Crippen molar-refractivity contribution in [2.75, 3.05) is 0 Å². The Morgan fingerprint density at radius 2 is 1.94 bits per heavy atom. The van der Waals surface area contributed by atoms with Gasteiger partial charge in [0.1, 0.15) is 0 Å². The zero-order valence-corrected chi connectivity index (χ0v) is 10.5. The van der Waals surface area contributed by atoms with Crippen LogP contribution in [0.15, 0.2) is 53.6 Å². The molecule has 0 N–H and O–H groups in total. The largest absolute Gasteiger partial charge is 0.0801 e. The first-order valence-corrected chi connectivity index (χ1v) is 6.44. The molecule has 2 aliphatic rings. The quantitative estimate of drug-likeness (QED) is 0.679. The average Bonchev–Trinajstić information content (AvgIpc) is 2.94. The van der Waals surface area contributed by atoms with Crippen LogP contribution in [-0.4, -0.2) is 0 Å². The number of rotatable bonds is 2. The third-order valence-corrected chi connectivity index (χ3v) is 3.84. The molecule has 0 saturated heterocycles. The van der Waals surface area contributed by atoms with Gasteiger partial charge in [-0.2, -0.15) is 0 Å². The number of fused-ring (bicyclic) bond motifs is 1. The lowest BCUT2D eigenvalue weighted by atomic mass is 9.87. The van der Waals surface area contributed by atoms with Crippen molar-refractivity contribution in [1.29, 1.82) is 0 Å². The van der Waals surface area contributed by atoms with E-state index in [1.807, 2.05) is 0 Å². The van der Waals surface area contributed by atoms with Crippen molar-refractivity contribution in [3.05, 3.63) is 64.8 Å². The van der Waals surface area contributed by atoms with E-state index in [0.717, 1.165) is 6.42 Å². The highest BCUT2D eigenvalue weighted by atomic mass is 14.3. The topological polar surface area (TPSA) is 0 Å². The molecule has 0 heterocycles. The fourth-order valence-corrected chi connectivity index (χ4v) is 2.93. The molecule has 0 fully saturated rings. The molecule has 0 aliphatic heterocycles. The first kappa shape index (κ1) is 10.6. The van der Waals surface area contributed by atoms with Gasteiger partial charge in [-0.3, -0.25) is 0 Å². The lowest BCUT2D eigenvalue weighted by Crippen LogP contribution is -2.01. The molecular formula is C17H18. The molecule has 1 aromatic rings. The summed E-state index contributed by atoms with van der Waals surface area (Å²) in [5, 5.41) is 0. The van der Waals surface area contributed by atoms with Crippen LogP contribution in [-0.2, 0) is 0 Å². The van der Waals surface area contributed by atoms with Crippen molar-refractivity contribution in [3.63, 3.8) is 0 Å². The molecule has 1 aromatic carbocycles. The number of hydrogen-bond acceptors (Lipinski definition) is 0. The maximum absolute atomic E-state index is 2.35. The monoisotopic (exact) mass is 222 g/mol. The molecular weight excluding hydrogens is 204 g/mol. The van der Waals surface area contributed by atoms with E-state index in [4.69, 9.17) is 0 Å². The van der Waals surface area contributed by atoms with E-state index in [0.29, 0.717) is 11.8 Å². The van der Waals surface area contributed by atoms with E-state index in [9.17, 15) is 0 Å². The lowest BCUT2D eigenvalue weighted by Gasteiger charge is -2.17. The van der Waals surface area contributed by atoms with E-state index in [1.165, 1.54) is 16.7 Å². The summed E-state index contributed by atoms with van der Waals surface area (Å²) < 4.78 is 0. The average molecular weight is 222 g/mol. The van der Waals surface area contributed by atoms with Crippen LogP contribution in [0.2, 0.25) is 0 Å². The van der Waals surface area contributed by atoms with Gasteiger partial charge in [-0.1, -0.05) is 68.0 Å². The van der Waals surface area contributed by atoms with Crippen LogP contribution in [0.4, 0.5) is 0 Å². The van der Waals surface area contributed by atoms with Gasteiger partial charge in [0.25, 0.3) is 0 Å². The highest BCUT2D eigenvalue weighted by Crippen LogP contribution is 2.41. The summed E-state index contributed by atoms with van der Waals surface area (Å²) >= 11 is 0. The maximum Gasteiger partial charge on any atom is 0.0278 e. The second-order valence-electron chi connectivity index (χ2n) is 5.21. The summed E-state index contributed by atoms with van der Waals surface area (Å²) in [5.74, 6) is 1.14. The summed E-state index contributed by atoms with van der Waals surface area (Å²) in [7, 11) is 0. The van der Waals surface area contributed by atoms with Crippen LogP contribution in [0.3, 0.4) is 0 Å². The van der Waals surface area contributed by atoms with E-state index < -0.39 is 0 Å². The summed E-state index contributed by atoms with van der Waals surface area (Å²) in [4.78, 5) is 0. The second kappa shape index (κ2) is 4.03. The van der Waals surface area contributed by atoms with Gasteiger partial charge >= 0.3 is 0 Å². The molecule has 0 bridgehead atoms. The Hall–Kier alpha value is -1.56. The van der Waals surface area contributed by atoms with E-state index >= 15 is 0 Å². The summed E-state index contributed by atoms with van der Waals surface area (Å²) in [6.07, 6.45) is 10.4. The smallest absolute Gasteiger partial charge is 0.0278 e. The Morgan fingerprint density at radius 1 is 1.12 bits per heavy atom. The number of hydrogen-bond donors (Lipinski definition) is 0. The predicted octanol–water partition coefficient (Wildman–Crippen LogP) is 4.71.